The summed E-state index contributed by atoms with van der Waals surface area (Å²) >= 11 is 0. The molecule has 1 aliphatic rings. The number of hydrogen-bond donors (Lipinski definition) is 2. The maximum absolute atomic E-state index is 12.6. The molecular weight excluding hydrogens is 294 g/mol. The molecule has 1 fully saturated rings. The molecule has 2 N–H and O–H groups in total. The van der Waals surface area contributed by atoms with E-state index in [1.54, 1.807) is 0 Å². The fraction of sp³-hybridized carbons (Fsp3) is 0.500. The molecule has 1 aromatic carbocycles. The summed E-state index contributed by atoms with van der Waals surface area (Å²) in [4.78, 5) is 10.9. The maximum atomic E-state index is 12.6. The van der Waals surface area contributed by atoms with Gasteiger partial charge in [-0.05, 0) is 43.4 Å². The molecule has 21 heavy (non-hydrogen) atoms. The van der Waals surface area contributed by atoms with Gasteiger partial charge in [-0.3, -0.25) is 0 Å². The minimum Gasteiger partial charge on any atom is -0.507 e. The number of hydrogen-bond acceptors (Lipinski definition) is 4. The molecule has 6 nitrogen and oxygen atoms in total. The van der Waals surface area contributed by atoms with E-state index in [4.69, 9.17) is 5.11 Å². The van der Waals surface area contributed by atoms with Crippen LogP contribution in [0.25, 0.3) is 0 Å². The van der Waals surface area contributed by atoms with Crippen LogP contribution < -0.4 is 0 Å². The normalized spacial score (nSPS) is 20.9. The number of benzene rings is 1. The molecule has 0 bridgehead atoms. The summed E-state index contributed by atoms with van der Waals surface area (Å²) in [5.41, 5.74) is -0.403. The fourth-order valence-corrected chi connectivity index (χ4v) is 3.99. The Balaban J connectivity index is 2.35. The summed E-state index contributed by atoms with van der Waals surface area (Å²) in [7, 11) is -3.72. The molecule has 0 aliphatic carbocycles. The van der Waals surface area contributed by atoms with Crippen LogP contribution in [0.15, 0.2) is 23.1 Å². The van der Waals surface area contributed by atoms with Crippen molar-refractivity contribution in [1.82, 2.24) is 4.31 Å². The van der Waals surface area contributed by atoms with Crippen LogP contribution in [0.4, 0.5) is 0 Å². The SMILES string of the molecule is CC1CCCN(S(=O)(=O)c2ccc(O)c(C(=O)O)c2)CC1. The first kappa shape index (κ1) is 15.8. The smallest absolute Gasteiger partial charge is 0.339 e. The van der Waals surface area contributed by atoms with E-state index < -0.39 is 27.3 Å². The quantitative estimate of drug-likeness (QED) is 0.888. The molecule has 116 valence electrons. The van der Waals surface area contributed by atoms with Gasteiger partial charge in [0.05, 0.1) is 4.90 Å². The van der Waals surface area contributed by atoms with Crippen molar-refractivity contribution in [2.45, 2.75) is 31.1 Å². The molecule has 0 saturated carbocycles. The minimum atomic E-state index is -3.72. The van der Waals surface area contributed by atoms with Crippen LogP contribution in [0.1, 0.15) is 36.5 Å². The Morgan fingerprint density at radius 2 is 2.00 bits per heavy atom. The standard InChI is InChI=1S/C14H19NO5S/c1-10-3-2-7-15(8-6-10)21(19,20)11-4-5-13(16)12(9-11)14(17)18/h4-5,9-10,16H,2-3,6-8H2,1H3,(H,17,18). The van der Waals surface area contributed by atoms with Crippen LogP contribution >= 0.6 is 0 Å². The van der Waals surface area contributed by atoms with Crippen LogP contribution in [0.5, 0.6) is 5.75 Å². The molecule has 2 rings (SSSR count). The first-order chi connectivity index (χ1) is 9.82. The molecule has 1 aromatic rings. The van der Waals surface area contributed by atoms with Crippen molar-refractivity contribution in [3.05, 3.63) is 23.8 Å². The lowest BCUT2D eigenvalue weighted by Gasteiger charge is -2.20. The van der Waals surface area contributed by atoms with E-state index in [-0.39, 0.29) is 4.90 Å². The number of aromatic carboxylic acids is 1. The third kappa shape index (κ3) is 3.36. The van der Waals surface area contributed by atoms with Gasteiger partial charge in [0, 0.05) is 13.1 Å². The first-order valence-corrected chi connectivity index (χ1v) is 8.33. The van der Waals surface area contributed by atoms with Crippen molar-refractivity contribution in [3.8, 4) is 5.75 Å². The lowest BCUT2D eigenvalue weighted by atomic mass is 10.0. The summed E-state index contributed by atoms with van der Waals surface area (Å²) < 4.78 is 26.6. The van der Waals surface area contributed by atoms with E-state index in [1.165, 1.54) is 10.4 Å². The van der Waals surface area contributed by atoms with E-state index in [0.29, 0.717) is 19.0 Å². The highest BCUT2D eigenvalue weighted by Gasteiger charge is 2.27. The molecule has 7 heteroatoms. The zero-order chi connectivity index (χ0) is 15.6. The van der Waals surface area contributed by atoms with Gasteiger partial charge in [0.15, 0.2) is 0 Å². The molecule has 1 saturated heterocycles. The van der Waals surface area contributed by atoms with Crippen molar-refractivity contribution >= 4 is 16.0 Å². The van der Waals surface area contributed by atoms with Gasteiger partial charge in [0.2, 0.25) is 10.0 Å². The van der Waals surface area contributed by atoms with Crippen LogP contribution in [-0.2, 0) is 10.0 Å². The van der Waals surface area contributed by atoms with Gasteiger partial charge in [-0.15, -0.1) is 0 Å². The topological polar surface area (TPSA) is 94.9 Å². The van der Waals surface area contributed by atoms with Gasteiger partial charge in [-0.1, -0.05) is 6.92 Å². The second-order valence-electron chi connectivity index (χ2n) is 5.42. The van der Waals surface area contributed by atoms with E-state index in [1.807, 2.05) is 0 Å². The number of sulfonamides is 1. The molecular formula is C14H19NO5S. The van der Waals surface area contributed by atoms with E-state index in [2.05, 4.69) is 6.92 Å². The average Bonchev–Trinajstić information content (AvgIpc) is 2.63. The lowest BCUT2D eigenvalue weighted by molar-refractivity contribution is 0.0693. The summed E-state index contributed by atoms with van der Waals surface area (Å²) in [6, 6.07) is 3.36. The number of phenols is 1. The monoisotopic (exact) mass is 313 g/mol. The average molecular weight is 313 g/mol. The Kier molecular flexibility index (Phi) is 4.53. The van der Waals surface area contributed by atoms with Crippen LogP contribution in [0, 0.1) is 5.92 Å². The third-order valence-corrected chi connectivity index (χ3v) is 5.71. The van der Waals surface area contributed by atoms with E-state index in [0.717, 1.165) is 31.4 Å². The zero-order valence-corrected chi connectivity index (χ0v) is 12.6. The summed E-state index contributed by atoms with van der Waals surface area (Å²) in [5, 5.41) is 18.4. The van der Waals surface area contributed by atoms with Crippen molar-refractivity contribution in [2.75, 3.05) is 13.1 Å². The van der Waals surface area contributed by atoms with Gasteiger partial charge in [-0.2, -0.15) is 4.31 Å². The first-order valence-electron chi connectivity index (χ1n) is 6.89. The summed E-state index contributed by atoms with van der Waals surface area (Å²) in [6.07, 6.45) is 2.58. The van der Waals surface area contributed by atoms with E-state index >= 15 is 0 Å². The van der Waals surface area contributed by atoms with E-state index in [9.17, 15) is 18.3 Å². The molecule has 1 aliphatic heterocycles. The van der Waals surface area contributed by atoms with Crippen LogP contribution in [-0.4, -0.2) is 42.0 Å². The van der Waals surface area contributed by atoms with Crippen molar-refractivity contribution in [3.63, 3.8) is 0 Å². The van der Waals surface area contributed by atoms with Crippen molar-refractivity contribution in [1.29, 1.82) is 0 Å². The third-order valence-electron chi connectivity index (χ3n) is 3.81. The van der Waals surface area contributed by atoms with Crippen molar-refractivity contribution in [2.24, 2.45) is 5.92 Å². The molecule has 0 aromatic heterocycles. The molecule has 1 unspecified atom stereocenters. The second kappa shape index (κ2) is 6.03. The van der Waals surface area contributed by atoms with Gasteiger partial charge in [-0.25, -0.2) is 13.2 Å². The van der Waals surface area contributed by atoms with Gasteiger partial charge in [0.1, 0.15) is 11.3 Å². The highest BCUT2D eigenvalue weighted by Crippen LogP contribution is 2.26. The number of carbonyl (C=O) groups is 1. The lowest BCUT2D eigenvalue weighted by Crippen LogP contribution is -2.32. The Labute approximate surface area is 124 Å². The van der Waals surface area contributed by atoms with Gasteiger partial charge >= 0.3 is 5.97 Å². The fourth-order valence-electron chi connectivity index (χ4n) is 2.47. The maximum Gasteiger partial charge on any atom is 0.339 e. The van der Waals surface area contributed by atoms with Gasteiger partial charge < -0.3 is 10.2 Å². The van der Waals surface area contributed by atoms with Crippen LogP contribution in [0.2, 0.25) is 0 Å². The Morgan fingerprint density at radius 1 is 1.29 bits per heavy atom. The number of rotatable bonds is 3. The summed E-state index contributed by atoms with van der Waals surface area (Å²) in [5.74, 6) is -1.31. The number of nitrogens with zero attached hydrogens (tertiary/aromatic N) is 1. The van der Waals surface area contributed by atoms with Gasteiger partial charge in [0.25, 0.3) is 0 Å². The molecule has 0 radical (unpaired) electrons. The predicted molar refractivity (Wildman–Crippen MR) is 76.8 cm³/mol. The highest BCUT2D eigenvalue weighted by atomic mass is 32.2. The molecule has 0 amide bonds. The Bertz CT molecular complexity index is 641. The Morgan fingerprint density at radius 3 is 2.67 bits per heavy atom. The molecule has 1 heterocycles. The molecule has 1 atom stereocenters. The second-order valence-corrected chi connectivity index (χ2v) is 7.36. The Hall–Kier alpha value is -1.60. The highest BCUT2D eigenvalue weighted by molar-refractivity contribution is 7.89. The zero-order valence-electron chi connectivity index (χ0n) is 11.8. The number of carboxylic acid groups (broad SMARTS) is 1. The van der Waals surface area contributed by atoms with Crippen LogP contribution in [0.3, 0.4) is 0 Å². The predicted octanol–water partition coefficient (Wildman–Crippen LogP) is 1.90. The number of aromatic hydroxyl groups is 1. The minimum absolute atomic E-state index is 0.0905. The largest absolute Gasteiger partial charge is 0.507 e. The summed E-state index contributed by atoms with van der Waals surface area (Å²) in [6.45, 7) is 2.97. The molecule has 0 spiro atoms. The van der Waals surface area contributed by atoms with Crippen molar-refractivity contribution < 1.29 is 23.4 Å². The number of carboxylic acids is 1.